The molecule has 3 aromatic rings. The number of aryl methyl sites for hydroxylation is 1. The summed E-state index contributed by atoms with van der Waals surface area (Å²) in [5.74, 6) is -0.550. The number of nitrogens with zero attached hydrogens (tertiary/aromatic N) is 2. The van der Waals surface area contributed by atoms with Crippen molar-refractivity contribution in [3.05, 3.63) is 39.8 Å². The minimum Gasteiger partial charge on any atom is -0.462 e. The third kappa shape index (κ3) is 3.86. The number of Topliss-reactive ketones (excluding diaryl/α,β-unsaturated/α-hetero) is 1. The number of ether oxygens (including phenoxy) is 1. The average Bonchev–Trinajstić information content (AvgIpc) is 3.13. The van der Waals surface area contributed by atoms with Crippen LogP contribution in [0.1, 0.15) is 46.0 Å². The number of nitrogens with one attached hydrogen (secondary N) is 2. The van der Waals surface area contributed by atoms with Gasteiger partial charge in [0.05, 0.1) is 33.7 Å². The van der Waals surface area contributed by atoms with Crippen molar-refractivity contribution in [3.8, 4) is 0 Å². The maximum Gasteiger partial charge on any atom is 0.340 e. The maximum atomic E-state index is 12.9. The highest BCUT2D eigenvalue weighted by molar-refractivity contribution is 8.00. The molecule has 0 unspecified atom stereocenters. The molecule has 27 heavy (non-hydrogen) atoms. The molecule has 0 amide bonds. The molecule has 0 saturated heterocycles. The summed E-state index contributed by atoms with van der Waals surface area (Å²) in [5, 5.41) is 0.663. The predicted octanol–water partition coefficient (Wildman–Crippen LogP) is 4.10. The van der Waals surface area contributed by atoms with E-state index in [0.717, 1.165) is 0 Å². The zero-order valence-corrected chi connectivity index (χ0v) is 16.9. The number of carbonyl (C=O) groups is 2. The molecule has 1 atom stereocenters. The van der Waals surface area contributed by atoms with Gasteiger partial charge < -0.3 is 14.7 Å². The number of halogens is 1. The largest absolute Gasteiger partial charge is 0.462 e. The van der Waals surface area contributed by atoms with Crippen molar-refractivity contribution < 1.29 is 14.3 Å². The fraction of sp³-hybridized carbons (Fsp3) is 0.333. The Morgan fingerprint density at radius 1 is 1.33 bits per heavy atom. The Labute approximate surface area is 165 Å². The summed E-state index contributed by atoms with van der Waals surface area (Å²) in [6.07, 6.45) is 1.52. The first kappa shape index (κ1) is 19.4. The second-order valence-corrected chi connectivity index (χ2v) is 7.80. The van der Waals surface area contributed by atoms with Crippen LogP contribution in [0.15, 0.2) is 17.4 Å². The molecule has 0 aromatic carbocycles. The summed E-state index contributed by atoms with van der Waals surface area (Å²) in [7, 11) is 0. The summed E-state index contributed by atoms with van der Waals surface area (Å²) >= 11 is 7.22. The van der Waals surface area contributed by atoms with Crippen molar-refractivity contribution in [2.45, 2.75) is 38.1 Å². The van der Waals surface area contributed by atoms with Crippen LogP contribution in [0.4, 0.5) is 0 Å². The summed E-state index contributed by atoms with van der Waals surface area (Å²) in [6, 6.07) is 1.73. The number of rotatable bonds is 6. The Kier molecular flexibility index (Phi) is 5.57. The number of esters is 1. The van der Waals surface area contributed by atoms with Gasteiger partial charge in [-0.15, -0.1) is 0 Å². The molecule has 0 aliphatic carbocycles. The van der Waals surface area contributed by atoms with E-state index in [-0.39, 0.29) is 12.4 Å². The number of carbonyl (C=O) groups excluding carboxylic acids is 2. The molecular formula is C18H19ClN4O3S. The van der Waals surface area contributed by atoms with E-state index >= 15 is 0 Å². The highest BCUT2D eigenvalue weighted by atomic mass is 35.5. The van der Waals surface area contributed by atoms with Gasteiger partial charge in [0.15, 0.2) is 16.6 Å². The third-order valence-corrected chi connectivity index (χ3v) is 5.29. The van der Waals surface area contributed by atoms with Crippen molar-refractivity contribution in [2.75, 3.05) is 6.61 Å². The first-order valence-electron chi connectivity index (χ1n) is 8.40. The van der Waals surface area contributed by atoms with Gasteiger partial charge in [0.25, 0.3) is 0 Å². The number of hydrogen-bond acceptors (Lipinski definition) is 6. The summed E-state index contributed by atoms with van der Waals surface area (Å²) in [6.45, 7) is 7.31. The fourth-order valence-electron chi connectivity index (χ4n) is 2.84. The van der Waals surface area contributed by atoms with E-state index in [4.69, 9.17) is 16.3 Å². The number of fused-ring (bicyclic) bond motifs is 1. The molecule has 9 heteroatoms. The van der Waals surface area contributed by atoms with Crippen LogP contribution in [0.3, 0.4) is 0 Å². The van der Waals surface area contributed by atoms with E-state index in [2.05, 4.69) is 19.9 Å². The molecule has 0 fully saturated rings. The van der Waals surface area contributed by atoms with Crippen molar-refractivity contribution in [1.82, 2.24) is 19.9 Å². The number of H-pyrrole nitrogens is 2. The summed E-state index contributed by atoms with van der Waals surface area (Å²) < 4.78 is 5.07. The Hall–Kier alpha value is -2.32. The maximum absolute atomic E-state index is 12.9. The van der Waals surface area contributed by atoms with Gasteiger partial charge >= 0.3 is 5.97 Å². The molecule has 0 bridgehead atoms. The van der Waals surface area contributed by atoms with Gasteiger partial charge in [-0.3, -0.25) is 4.79 Å². The molecule has 3 aromatic heterocycles. The van der Waals surface area contributed by atoms with Gasteiger partial charge in [-0.1, -0.05) is 23.4 Å². The first-order valence-corrected chi connectivity index (χ1v) is 9.66. The molecule has 3 heterocycles. The lowest BCUT2D eigenvalue weighted by Crippen LogP contribution is -2.15. The lowest BCUT2D eigenvalue weighted by Gasteiger charge is -2.08. The van der Waals surface area contributed by atoms with Crippen molar-refractivity contribution in [2.24, 2.45) is 0 Å². The number of hydrogen-bond donors (Lipinski definition) is 2. The molecule has 0 radical (unpaired) electrons. The normalized spacial score (nSPS) is 12.3. The van der Waals surface area contributed by atoms with Crippen LogP contribution in [0.2, 0.25) is 5.02 Å². The number of thioether (sulfide) groups is 1. The van der Waals surface area contributed by atoms with Gasteiger partial charge in [-0.05, 0) is 39.3 Å². The lowest BCUT2D eigenvalue weighted by molar-refractivity contribution is 0.0525. The Morgan fingerprint density at radius 3 is 2.78 bits per heavy atom. The summed E-state index contributed by atoms with van der Waals surface area (Å²) in [5.41, 5.74) is 3.29. The zero-order chi connectivity index (χ0) is 19.7. The van der Waals surface area contributed by atoms with E-state index in [0.29, 0.717) is 43.9 Å². The first-order chi connectivity index (χ1) is 12.8. The second-order valence-electron chi connectivity index (χ2n) is 6.04. The molecule has 0 aliphatic rings. The number of aromatic nitrogens is 4. The van der Waals surface area contributed by atoms with E-state index in [1.54, 1.807) is 33.8 Å². The van der Waals surface area contributed by atoms with Gasteiger partial charge in [0, 0.05) is 11.9 Å². The Balaban J connectivity index is 1.82. The van der Waals surface area contributed by atoms with Crippen molar-refractivity contribution in [1.29, 1.82) is 0 Å². The predicted molar refractivity (Wildman–Crippen MR) is 105 cm³/mol. The number of pyridine rings is 1. The highest BCUT2D eigenvalue weighted by Gasteiger charge is 2.26. The highest BCUT2D eigenvalue weighted by Crippen LogP contribution is 2.28. The quantitative estimate of drug-likeness (QED) is 0.363. The average molecular weight is 407 g/mol. The lowest BCUT2D eigenvalue weighted by atomic mass is 10.1. The topological polar surface area (TPSA) is 101 Å². The fourth-order valence-corrected chi connectivity index (χ4v) is 3.86. The SMILES string of the molecule is CCOC(=O)c1c(C)[nH]c(C(=O)[C@H](C)Sc2nc3ncc(Cl)cc3[nH]2)c1C. The van der Waals surface area contributed by atoms with Gasteiger partial charge in [-0.25, -0.2) is 14.8 Å². The van der Waals surface area contributed by atoms with Crippen LogP contribution in [0.5, 0.6) is 0 Å². The molecule has 0 aliphatic heterocycles. The van der Waals surface area contributed by atoms with Crippen LogP contribution in [-0.4, -0.2) is 43.5 Å². The molecule has 3 rings (SSSR count). The molecule has 142 valence electrons. The Morgan fingerprint density at radius 2 is 2.07 bits per heavy atom. The minimum absolute atomic E-state index is 0.123. The molecule has 0 spiro atoms. The van der Waals surface area contributed by atoms with Crippen LogP contribution >= 0.6 is 23.4 Å². The standard InChI is InChI=1S/C18H19ClN4O3S/c1-5-26-17(25)13-8(2)14(21-9(13)3)15(24)10(4)27-18-22-12-6-11(19)7-20-16(12)23-18/h6-7,10,21H,5H2,1-4H3,(H,20,22,23)/t10-/m0/s1. The van der Waals surface area contributed by atoms with Gasteiger partial charge in [0.1, 0.15) is 0 Å². The Bertz CT molecular complexity index is 1030. The van der Waals surface area contributed by atoms with Crippen LogP contribution in [0.25, 0.3) is 11.2 Å². The van der Waals surface area contributed by atoms with Crippen molar-refractivity contribution in [3.63, 3.8) is 0 Å². The van der Waals surface area contributed by atoms with Crippen molar-refractivity contribution >= 4 is 46.3 Å². The van der Waals surface area contributed by atoms with E-state index in [1.807, 2.05) is 0 Å². The molecule has 2 N–H and O–H groups in total. The van der Waals surface area contributed by atoms with E-state index in [1.165, 1.54) is 18.0 Å². The van der Waals surface area contributed by atoms with Crippen LogP contribution < -0.4 is 0 Å². The van der Waals surface area contributed by atoms with E-state index < -0.39 is 11.2 Å². The van der Waals surface area contributed by atoms with Gasteiger partial charge in [0.2, 0.25) is 0 Å². The smallest absolute Gasteiger partial charge is 0.340 e. The van der Waals surface area contributed by atoms with Crippen LogP contribution in [-0.2, 0) is 4.74 Å². The molecule has 7 nitrogen and oxygen atoms in total. The number of imidazole rings is 1. The zero-order valence-electron chi connectivity index (χ0n) is 15.3. The molecule has 0 saturated carbocycles. The van der Waals surface area contributed by atoms with Crippen LogP contribution in [0, 0.1) is 13.8 Å². The second kappa shape index (κ2) is 7.74. The monoisotopic (exact) mass is 406 g/mol. The number of ketones is 1. The number of aromatic amines is 2. The third-order valence-electron chi connectivity index (χ3n) is 4.10. The van der Waals surface area contributed by atoms with E-state index in [9.17, 15) is 9.59 Å². The molecular weight excluding hydrogens is 388 g/mol. The minimum atomic E-state index is -0.427. The van der Waals surface area contributed by atoms with Gasteiger partial charge in [-0.2, -0.15) is 0 Å². The summed E-state index contributed by atoms with van der Waals surface area (Å²) in [4.78, 5) is 39.7.